The third kappa shape index (κ3) is 4.24. The van der Waals surface area contributed by atoms with Gasteiger partial charge in [-0.3, -0.25) is 9.59 Å². The van der Waals surface area contributed by atoms with Crippen LogP contribution in [0.2, 0.25) is 0 Å². The van der Waals surface area contributed by atoms with Gasteiger partial charge in [0.15, 0.2) is 5.43 Å². The first-order valence-corrected chi connectivity index (χ1v) is 9.61. The summed E-state index contributed by atoms with van der Waals surface area (Å²) in [5, 5.41) is 0. The fourth-order valence-electron chi connectivity index (χ4n) is 3.87. The van der Waals surface area contributed by atoms with Crippen molar-refractivity contribution in [2.75, 3.05) is 6.54 Å². The van der Waals surface area contributed by atoms with E-state index in [4.69, 9.17) is 0 Å². The third-order valence-electron chi connectivity index (χ3n) is 5.48. The van der Waals surface area contributed by atoms with Gasteiger partial charge in [0.25, 0.3) is 5.91 Å². The Balaban J connectivity index is 1.90. The van der Waals surface area contributed by atoms with Crippen LogP contribution in [0.3, 0.4) is 0 Å². The number of nitrogens with zero attached hydrogens (tertiary/aromatic N) is 1. The predicted molar refractivity (Wildman–Crippen MR) is 104 cm³/mol. The summed E-state index contributed by atoms with van der Waals surface area (Å²) in [6.07, 6.45) is 7.64. The lowest BCUT2D eigenvalue weighted by Crippen LogP contribution is -2.40. The molecule has 1 N–H and O–H groups in total. The average molecular weight is 352 g/mol. The van der Waals surface area contributed by atoms with Crippen LogP contribution in [0.15, 0.2) is 47.4 Å². The molecule has 0 radical (unpaired) electrons. The second kappa shape index (κ2) is 8.35. The number of hydrogen-bond donors (Lipinski definition) is 1. The smallest absolute Gasteiger partial charge is 0.259 e. The molecule has 1 fully saturated rings. The van der Waals surface area contributed by atoms with Crippen LogP contribution in [0, 0.1) is 12.8 Å². The van der Waals surface area contributed by atoms with Gasteiger partial charge in [-0.25, -0.2) is 0 Å². The van der Waals surface area contributed by atoms with E-state index in [9.17, 15) is 9.59 Å². The van der Waals surface area contributed by atoms with Crippen molar-refractivity contribution >= 4 is 5.91 Å². The van der Waals surface area contributed by atoms with Gasteiger partial charge >= 0.3 is 0 Å². The van der Waals surface area contributed by atoms with Crippen molar-refractivity contribution in [1.29, 1.82) is 0 Å². The van der Waals surface area contributed by atoms with Crippen molar-refractivity contribution < 1.29 is 4.79 Å². The van der Waals surface area contributed by atoms with Crippen molar-refractivity contribution in [1.82, 2.24) is 9.88 Å². The van der Waals surface area contributed by atoms with Gasteiger partial charge in [0, 0.05) is 24.5 Å². The Morgan fingerprint density at radius 3 is 2.54 bits per heavy atom. The summed E-state index contributed by atoms with van der Waals surface area (Å²) in [5.74, 6) is 0.344. The van der Waals surface area contributed by atoms with Gasteiger partial charge in [-0.1, -0.05) is 49.6 Å². The normalized spacial score (nSPS) is 16.2. The number of carbonyl (C=O) groups excluding carboxylic acids is 1. The number of amides is 1. The van der Waals surface area contributed by atoms with Crippen LogP contribution in [-0.2, 0) is 0 Å². The SMILES string of the molecule is Cc1cc(=O)c(C(=O)N(CC2CCCCC2)C(C)c2ccccc2)c[nH]1. The van der Waals surface area contributed by atoms with E-state index >= 15 is 0 Å². The molecule has 0 bridgehead atoms. The number of aryl methyl sites for hydroxylation is 1. The molecule has 26 heavy (non-hydrogen) atoms. The molecule has 1 aromatic carbocycles. The Labute approximate surface area is 155 Å². The van der Waals surface area contributed by atoms with E-state index in [1.807, 2.05) is 42.2 Å². The van der Waals surface area contributed by atoms with Crippen molar-refractivity contribution in [3.05, 3.63) is 69.6 Å². The largest absolute Gasteiger partial charge is 0.364 e. The highest BCUT2D eigenvalue weighted by Gasteiger charge is 2.28. The lowest BCUT2D eigenvalue weighted by molar-refractivity contribution is 0.0635. The molecule has 1 saturated carbocycles. The van der Waals surface area contributed by atoms with Crippen LogP contribution in [0.5, 0.6) is 0 Å². The maximum atomic E-state index is 13.3. The van der Waals surface area contributed by atoms with E-state index < -0.39 is 0 Å². The van der Waals surface area contributed by atoms with Crippen LogP contribution in [0.4, 0.5) is 0 Å². The highest BCUT2D eigenvalue weighted by molar-refractivity contribution is 5.94. The van der Waals surface area contributed by atoms with Crippen LogP contribution >= 0.6 is 0 Å². The zero-order valence-electron chi connectivity index (χ0n) is 15.7. The molecule has 1 aliphatic rings. The standard InChI is InChI=1S/C22H28N2O2/c1-16-13-21(25)20(14-23-16)22(26)24(15-18-9-5-3-6-10-18)17(2)19-11-7-4-8-12-19/h4,7-8,11-14,17-18H,3,5-6,9-10,15H2,1-2H3,(H,23,25). The summed E-state index contributed by atoms with van der Waals surface area (Å²) >= 11 is 0. The van der Waals surface area contributed by atoms with Gasteiger partial charge in [0.1, 0.15) is 5.56 Å². The molecule has 0 saturated heterocycles. The first-order chi connectivity index (χ1) is 12.6. The second-order valence-corrected chi connectivity index (χ2v) is 7.44. The summed E-state index contributed by atoms with van der Waals surface area (Å²) in [6.45, 7) is 4.59. The zero-order chi connectivity index (χ0) is 18.5. The Kier molecular flexibility index (Phi) is 5.92. The molecule has 138 valence electrons. The fraction of sp³-hybridized carbons (Fsp3) is 0.455. The van der Waals surface area contributed by atoms with Gasteiger partial charge in [-0.05, 0) is 38.2 Å². The number of nitrogens with one attached hydrogen (secondary N) is 1. The monoisotopic (exact) mass is 352 g/mol. The molecular weight excluding hydrogens is 324 g/mol. The number of rotatable bonds is 5. The van der Waals surface area contributed by atoms with Crippen LogP contribution in [0.1, 0.15) is 66.7 Å². The van der Waals surface area contributed by atoms with Crippen LogP contribution < -0.4 is 5.43 Å². The Hall–Kier alpha value is -2.36. The van der Waals surface area contributed by atoms with Crippen LogP contribution in [-0.4, -0.2) is 22.3 Å². The fourth-order valence-corrected chi connectivity index (χ4v) is 3.87. The molecule has 1 aromatic heterocycles. The number of aromatic amines is 1. The Bertz CT molecular complexity index is 791. The molecule has 1 heterocycles. The summed E-state index contributed by atoms with van der Waals surface area (Å²) in [6, 6.07) is 11.5. The van der Waals surface area contributed by atoms with Crippen molar-refractivity contribution in [3.8, 4) is 0 Å². The maximum Gasteiger partial charge on any atom is 0.259 e. The molecule has 1 amide bonds. The first-order valence-electron chi connectivity index (χ1n) is 9.61. The molecule has 4 nitrogen and oxygen atoms in total. The number of benzene rings is 1. The van der Waals surface area contributed by atoms with E-state index in [-0.39, 0.29) is 22.9 Å². The molecule has 4 heteroatoms. The molecule has 1 atom stereocenters. The maximum absolute atomic E-state index is 13.3. The number of H-pyrrole nitrogens is 1. The van der Waals surface area contributed by atoms with E-state index in [1.165, 1.54) is 25.3 Å². The van der Waals surface area contributed by atoms with Gasteiger partial charge in [-0.2, -0.15) is 0 Å². The number of aromatic nitrogens is 1. The Morgan fingerprint density at radius 1 is 1.19 bits per heavy atom. The number of pyridine rings is 1. The molecular formula is C22H28N2O2. The lowest BCUT2D eigenvalue weighted by atomic mass is 9.88. The molecule has 1 unspecified atom stereocenters. The second-order valence-electron chi connectivity index (χ2n) is 7.44. The van der Waals surface area contributed by atoms with Crippen LogP contribution in [0.25, 0.3) is 0 Å². The van der Waals surface area contributed by atoms with E-state index in [0.717, 1.165) is 24.1 Å². The first kappa shape index (κ1) is 18.4. The minimum atomic E-state index is -0.208. The Morgan fingerprint density at radius 2 is 1.88 bits per heavy atom. The quantitative estimate of drug-likeness (QED) is 0.863. The van der Waals surface area contributed by atoms with Gasteiger partial charge in [0.05, 0.1) is 6.04 Å². The van der Waals surface area contributed by atoms with Gasteiger partial charge in [0.2, 0.25) is 0 Å². The van der Waals surface area contributed by atoms with E-state index in [1.54, 1.807) is 6.20 Å². The molecule has 2 aromatic rings. The topological polar surface area (TPSA) is 53.2 Å². The molecule has 1 aliphatic carbocycles. The van der Waals surface area contributed by atoms with Crippen molar-refractivity contribution in [2.45, 2.75) is 52.0 Å². The minimum Gasteiger partial charge on any atom is -0.364 e. The zero-order valence-corrected chi connectivity index (χ0v) is 15.7. The highest BCUT2D eigenvalue weighted by atomic mass is 16.2. The number of hydrogen-bond acceptors (Lipinski definition) is 2. The average Bonchev–Trinajstić information content (AvgIpc) is 2.66. The van der Waals surface area contributed by atoms with E-state index in [2.05, 4.69) is 11.9 Å². The molecule has 0 aliphatic heterocycles. The summed E-state index contributed by atoms with van der Waals surface area (Å²) in [4.78, 5) is 30.5. The third-order valence-corrected chi connectivity index (χ3v) is 5.48. The lowest BCUT2D eigenvalue weighted by Gasteiger charge is -2.34. The summed E-state index contributed by atoms with van der Waals surface area (Å²) in [5.41, 5.74) is 1.89. The van der Waals surface area contributed by atoms with Gasteiger partial charge < -0.3 is 9.88 Å². The predicted octanol–water partition coefficient (Wildman–Crippen LogP) is 4.47. The minimum absolute atomic E-state index is 0.0636. The summed E-state index contributed by atoms with van der Waals surface area (Å²) < 4.78 is 0. The molecule has 3 rings (SSSR count). The highest BCUT2D eigenvalue weighted by Crippen LogP contribution is 2.29. The number of carbonyl (C=O) groups is 1. The van der Waals surface area contributed by atoms with Gasteiger partial charge in [-0.15, -0.1) is 0 Å². The van der Waals surface area contributed by atoms with E-state index in [0.29, 0.717) is 12.5 Å². The van der Waals surface area contributed by atoms with Crippen molar-refractivity contribution in [2.24, 2.45) is 5.92 Å². The van der Waals surface area contributed by atoms with Crippen molar-refractivity contribution in [3.63, 3.8) is 0 Å². The summed E-state index contributed by atoms with van der Waals surface area (Å²) in [7, 11) is 0. The molecule has 0 spiro atoms.